The van der Waals surface area contributed by atoms with Crippen molar-refractivity contribution in [3.63, 3.8) is 0 Å². The van der Waals surface area contributed by atoms with E-state index >= 15 is 0 Å². The summed E-state index contributed by atoms with van der Waals surface area (Å²) >= 11 is 7.24. The van der Waals surface area contributed by atoms with Crippen LogP contribution in [0, 0.1) is 0 Å². The number of carbonyl (C=O) groups excluding carboxylic acids is 2. The molecule has 0 radical (unpaired) electrons. The van der Waals surface area contributed by atoms with Crippen molar-refractivity contribution in [3.05, 3.63) is 45.4 Å². The fourth-order valence-electron chi connectivity index (χ4n) is 2.06. The quantitative estimate of drug-likeness (QED) is 0.617. The first-order valence-corrected chi connectivity index (χ1v) is 9.46. The van der Waals surface area contributed by atoms with E-state index in [-0.39, 0.29) is 18.3 Å². The van der Waals surface area contributed by atoms with Gasteiger partial charge in [0.15, 0.2) is 0 Å². The molecule has 0 atom stereocenters. The minimum atomic E-state index is -0.425. The average Bonchev–Trinajstić information content (AvgIpc) is 3.11. The molecule has 1 heterocycles. The zero-order valence-corrected chi connectivity index (χ0v) is 16.6. The summed E-state index contributed by atoms with van der Waals surface area (Å²) in [5, 5.41) is 5.56. The van der Waals surface area contributed by atoms with Crippen LogP contribution in [0.15, 0.2) is 29.6 Å². The van der Waals surface area contributed by atoms with Crippen LogP contribution in [-0.4, -0.2) is 48.7 Å². The molecule has 0 saturated carbocycles. The van der Waals surface area contributed by atoms with Crippen LogP contribution in [-0.2, 0) is 16.1 Å². The van der Waals surface area contributed by atoms with Crippen molar-refractivity contribution in [2.45, 2.75) is 13.5 Å². The molecule has 8 nitrogen and oxygen atoms in total. The van der Waals surface area contributed by atoms with Crippen molar-refractivity contribution < 1.29 is 19.2 Å². The molecule has 0 aliphatic heterocycles. The number of methoxy groups -OCH3 is 1. The molecule has 0 fully saturated rings. The largest absolute Gasteiger partial charge is 0.383 e. The van der Waals surface area contributed by atoms with Gasteiger partial charge < -0.3 is 15.0 Å². The van der Waals surface area contributed by atoms with Gasteiger partial charge >= 0.3 is 6.03 Å². The molecule has 0 saturated heterocycles. The maximum absolute atomic E-state index is 12.6. The molecule has 1 aromatic heterocycles. The lowest BCUT2D eigenvalue weighted by Gasteiger charge is -2.21. The highest BCUT2D eigenvalue weighted by Crippen LogP contribution is 2.17. The summed E-state index contributed by atoms with van der Waals surface area (Å²) in [5.41, 5.74) is 3.12. The van der Waals surface area contributed by atoms with Crippen LogP contribution in [0.2, 0.25) is 5.02 Å². The number of hydroxylamine groups is 1. The maximum atomic E-state index is 12.6. The van der Waals surface area contributed by atoms with Crippen LogP contribution in [0.5, 0.6) is 0 Å². The van der Waals surface area contributed by atoms with Gasteiger partial charge in [0.1, 0.15) is 10.7 Å². The predicted octanol–water partition coefficient (Wildman–Crippen LogP) is 3.16. The lowest BCUT2D eigenvalue weighted by atomic mass is 10.3. The minimum Gasteiger partial charge on any atom is -0.383 e. The Morgan fingerprint density at radius 1 is 1.37 bits per heavy atom. The van der Waals surface area contributed by atoms with E-state index in [9.17, 15) is 9.59 Å². The van der Waals surface area contributed by atoms with Gasteiger partial charge in [0.25, 0.3) is 5.91 Å². The second-order valence-corrected chi connectivity index (χ2v) is 6.72. The van der Waals surface area contributed by atoms with E-state index < -0.39 is 5.91 Å². The second kappa shape index (κ2) is 10.8. The van der Waals surface area contributed by atoms with Gasteiger partial charge in [-0.05, 0) is 25.1 Å². The molecular formula is C17H21ClN4O4S. The normalized spacial score (nSPS) is 10.5. The van der Waals surface area contributed by atoms with Crippen LogP contribution in [0.3, 0.4) is 0 Å². The van der Waals surface area contributed by atoms with Crippen molar-refractivity contribution in [2.75, 3.05) is 32.2 Å². The Hall–Kier alpha value is -2.20. The zero-order valence-electron chi connectivity index (χ0n) is 15.0. The predicted molar refractivity (Wildman–Crippen MR) is 104 cm³/mol. The number of aromatic nitrogens is 1. The number of thiazole rings is 1. The number of nitrogens with one attached hydrogen (secondary N) is 2. The number of anilines is 1. The molecule has 2 rings (SSSR count). The fraction of sp³-hybridized carbons (Fsp3) is 0.353. The summed E-state index contributed by atoms with van der Waals surface area (Å²) in [7, 11) is 1.56. The van der Waals surface area contributed by atoms with Crippen LogP contribution >= 0.6 is 22.9 Å². The summed E-state index contributed by atoms with van der Waals surface area (Å²) in [6.07, 6.45) is 0. The highest BCUT2D eigenvalue weighted by atomic mass is 35.5. The number of nitrogens with zero attached hydrogens (tertiary/aromatic N) is 2. The van der Waals surface area contributed by atoms with E-state index in [1.807, 2.05) is 0 Å². The van der Waals surface area contributed by atoms with Gasteiger partial charge in [-0.1, -0.05) is 17.7 Å². The summed E-state index contributed by atoms with van der Waals surface area (Å²) in [5.74, 6) is -0.425. The number of carbonyl (C=O) groups is 2. The van der Waals surface area contributed by atoms with Gasteiger partial charge in [0.2, 0.25) is 0 Å². The highest BCUT2D eigenvalue weighted by molar-refractivity contribution is 7.09. The lowest BCUT2D eigenvalue weighted by molar-refractivity contribution is 0.0360. The van der Waals surface area contributed by atoms with Crippen LogP contribution < -0.4 is 10.8 Å². The Kier molecular flexibility index (Phi) is 8.46. The topological polar surface area (TPSA) is 92.8 Å². The van der Waals surface area contributed by atoms with Crippen LogP contribution in [0.4, 0.5) is 10.5 Å². The number of hydrogen-bond acceptors (Lipinski definition) is 6. The second-order valence-electron chi connectivity index (χ2n) is 5.35. The van der Waals surface area contributed by atoms with Crippen molar-refractivity contribution in [3.8, 4) is 0 Å². The zero-order chi connectivity index (χ0) is 19.6. The van der Waals surface area contributed by atoms with Gasteiger partial charge in [0.05, 0.1) is 19.8 Å². The Bertz CT molecular complexity index is 771. The number of amides is 3. The molecule has 0 spiro atoms. The molecular weight excluding hydrogens is 392 g/mol. The molecule has 2 N–H and O–H groups in total. The number of urea groups is 1. The third-order valence-electron chi connectivity index (χ3n) is 3.35. The monoisotopic (exact) mass is 412 g/mol. The van der Waals surface area contributed by atoms with Crippen molar-refractivity contribution >= 4 is 40.6 Å². The summed E-state index contributed by atoms with van der Waals surface area (Å²) < 4.78 is 5.08. The Balaban J connectivity index is 2.04. The summed E-state index contributed by atoms with van der Waals surface area (Å²) in [6, 6.07) is 6.57. The molecule has 2 aromatic rings. The average molecular weight is 413 g/mol. The minimum absolute atomic E-state index is 0.238. The number of benzene rings is 1. The van der Waals surface area contributed by atoms with Gasteiger partial charge in [-0.2, -0.15) is 0 Å². The van der Waals surface area contributed by atoms with E-state index in [0.29, 0.717) is 35.5 Å². The Morgan fingerprint density at radius 2 is 2.19 bits per heavy atom. The van der Waals surface area contributed by atoms with E-state index in [4.69, 9.17) is 21.2 Å². The number of halogens is 1. The van der Waals surface area contributed by atoms with Gasteiger partial charge in [0, 0.05) is 29.7 Å². The first-order valence-electron chi connectivity index (χ1n) is 8.20. The fourth-order valence-corrected chi connectivity index (χ4v) is 3.04. The highest BCUT2D eigenvalue weighted by Gasteiger charge is 2.18. The van der Waals surface area contributed by atoms with E-state index in [2.05, 4.69) is 15.8 Å². The summed E-state index contributed by atoms with van der Waals surface area (Å²) in [4.78, 5) is 35.2. The van der Waals surface area contributed by atoms with Gasteiger partial charge in [-0.25, -0.2) is 15.3 Å². The molecule has 0 unspecified atom stereocenters. The van der Waals surface area contributed by atoms with E-state index in [1.165, 1.54) is 11.3 Å². The van der Waals surface area contributed by atoms with Crippen LogP contribution in [0.25, 0.3) is 0 Å². The van der Waals surface area contributed by atoms with Crippen molar-refractivity contribution in [1.29, 1.82) is 0 Å². The molecule has 146 valence electrons. The number of rotatable bonds is 9. The van der Waals surface area contributed by atoms with Crippen molar-refractivity contribution in [1.82, 2.24) is 15.4 Å². The van der Waals surface area contributed by atoms with Crippen LogP contribution in [0.1, 0.15) is 22.4 Å². The first kappa shape index (κ1) is 21.1. The molecule has 0 bridgehead atoms. The molecule has 10 heteroatoms. The standard InChI is InChI=1S/C17H21ClN4O4S/c1-3-26-21-16(23)14-11-27-15(20-14)10-22(7-8-25-2)17(24)19-13-6-4-5-12(18)9-13/h4-6,9,11H,3,7-8,10H2,1-2H3,(H,19,24)(H,21,23). The Morgan fingerprint density at radius 3 is 2.89 bits per heavy atom. The van der Waals surface area contributed by atoms with Gasteiger partial charge in [-0.3, -0.25) is 9.63 Å². The van der Waals surface area contributed by atoms with Crippen molar-refractivity contribution in [2.24, 2.45) is 0 Å². The molecule has 0 aliphatic carbocycles. The third-order valence-corrected chi connectivity index (χ3v) is 4.42. The van der Waals surface area contributed by atoms with Gasteiger partial charge in [-0.15, -0.1) is 11.3 Å². The smallest absolute Gasteiger partial charge is 0.322 e. The lowest BCUT2D eigenvalue weighted by Crippen LogP contribution is -2.36. The molecule has 1 aromatic carbocycles. The molecule has 27 heavy (non-hydrogen) atoms. The summed E-state index contributed by atoms with van der Waals surface area (Å²) in [6.45, 7) is 3.09. The number of ether oxygens (including phenoxy) is 1. The Labute approximate surface area is 166 Å². The van der Waals surface area contributed by atoms with E-state index in [1.54, 1.807) is 48.6 Å². The molecule has 3 amide bonds. The van der Waals surface area contributed by atoms with E-state index in [0.717, 1.165) is 0 Å². The number of hydrogen-bond donors (Lipinski definition) is 2. The first-order chi connectivity index (χ1) is 13.0. The molecule has 0 aliphatic rings. The third kappa shape index (κ3) is 6.79. The maximum Gasteiger partial charge on any atom is 0.322 e. The SMILES string of the molecule is CCONC(=O)c1csc(CN(CCOC)C(=O)Nc2cccc(Cl)c2)n1.